The van der Waals surface area contributed by atoms with E-state index < -0.39 is 45.3 Å². The van der Waals surface area contributed by atoms with Gasteiger partial charge in [-0.3, -0.25) is 4.79 Å². The third-order valence-electron chi connectivity index (χ3n) is 6.10. The number of esters is 1. The molecule has 0 radical (unpaired) electrons. The van der Waals surface area contributed by atoms with Gasteiger partial charge in [0.1, 0.15) is 12.7 Å². The summed E-state index contributed by atoms with van der Waals surface area (Å²) in [6.07, 6.45) is 1.37. The fourth-order valence-electron chi connectivity index (χ4n) is 4.23. The minimum Gasteiger partial charge on any atom is -0.459 e. The highest BCUT2D eigenvalue weighted by molar-refractivity contribution is 7.92. The summed E-state index contributed by atoms with van der Waals surface area (Å²) in [5.74, 6) is -2.03. The first kappa shape index (κ1) is 28.6. The fourth-order valence-corrected chi connectivity index (χ4v) is 6.16. The molecule has 4 atom stereocenters. The van der Waals surface area contributed by atoms with Crippen LogP contribution >= 0.6 is 0 Å². The Kier molecular flexibility index (Phi) is 10.0. The van der Waals surface area contributed by atoms with Gasteiger partial charge in [-0.25, -0.2) is 13.2 Å². The molecule has 2 aromatic carbocycles. The van der Waals surface area contributed by atoms with Gasteiger partial charge in [0.15, 0.2) is 21.4 Å². The average molecular weight is 530 g/mol. The lowest BCUT2D eigenvalue weighted by molar-refractivity contribution is -0.185. The summed E-state index contributed by atoms with van der Waals surface area (Å²) in [5.41, 5.74) is 0.355. The Hall–Kier alpha value is -3.01. The average Bonchev–Trinajstić information content (AvgIpc) is 2.89. The molecule has 0 aromatic heterocycles. The Balaban J connectivity index is 2.01. The number of carbonyl (C=O) groups is 2. The molecule has 1 amide bonds. The molecule has 37 heavy (non-hydrogen) atoms. The number of hydrogen-bond donors (Lipinski definition) is 0. The van der Waals surface area contributed by atoms with E-state index in [4.69, 9.17) is 14.2 Å². The third-order valence-corrected chi connectivity index (χ3v) is 8.21. The number of benzene rings is 2. The van der Waals surface area contributed by atoms with Gasteiger partial charge in [-0.15, -0.1) is 0 Å². The van der Waals surface area contributed by atoms with Crippen molar-refractivity contribution in [1.82, 2.24) is 4.90 Å². The topological polar surface area (TPSA) is 99.2 Å². The summed E-state index contributed by atoms with van der Waals surface area (Å²) in [6, 6.07) is 16.4. The maximum Gasteiger partial charge on any atom is 0.338 e. The summed E-state index contributed by atoms with van der Waals surface area (Å²) >= 11 is 0. The van der Waals surface area contributed by atoms with Crippen LogP contribution in [0.3, 0.4) is 0 Å². The molecule has 200 valence electrons. The van der Waals surface area contributed by atoms with Crippen LogP contribution in [0.2, 0.25) is 0 Å². The van der Waals surface area contributed by atoms with Gasteiger partial charge in [0, 0.05) is 19.0 Å². The lowest BCUT2D eigenvalue weighted by Crippen LogP contribution is -2.52. The summed E-state index contributed by atoms with van der Waals surface area (Å²) in [7, 11) is -4.13. The van der Waals surface area contributed by atoms with Crippen molar-refractivity contribution >= 4 is 21.7 Å². The molecular weight excluding hydrogens is 494 g/mol. The molecule has 0 aliphatic carbocycles. The number of sulfone groups is 1. The lowest BCUT2D eigenvalue weighted by atomic mass is 9.94. The zero-order valence-corrected chi connectivity index (χ0v) is 22.5. The van der Waals surface area contributed by atoms with E-state index in [1.807, 2.05) is 13.8 Å². The van der Waals surface area contributed by atoms with E-state index in [9.17, 15) is 18.0 Å². The number of nitrogens with zero attached hydrogens (tertiary/aromatic N) is 1. The van der Waals surface area contributed by atoms with Gasteiger partial charge < -0.3 is 19.1 Å². The molecule has 8 nitrogen and oxygen atoms in total. The smallest absolute Gasteiger partial charge is 0.338 e. The van der Waals surface area contributed by atoms with Crippen molar-refractivity contribution in [2.75, 3.05) is 19.7 Å². The van der Waals surface area contributed by atoms with Gasteiger partial charge in [-0.2, -0.15) is 0 Å². The van der Waals surface area contributed by atoms with Crippen LogP contribution in [-0.4, -0.2) is 68.6 Å². The molecule has 0 spiro atoms. The second-order valence-corrected chi connectivity index (χ2v) is 11.0. The molecular formula is C28H35NO7S. The molecule has 0 unspecified atom stereocenters. The second-order valence-electron chi connectivity index (χ2n) is 8.94. The maximum atomic E-state index is 13.9. The molecule has 3 rings (SSSR count). The van der Waals surface area contributed by atoms with Crippen molar-refractivity contribution in [3.63, 3.8) is 0 Å². The molecule has 1 aliphatic rings. The second kappa shape index (κ2) is 13.0. The predicted octanol–water partition coefficient (Wildman–Crippen LogP) is 3.88. The third kappa shape index (κ3) is 7.06. The molecule has 2 aromatic rings. The van der Waals surface area contributed by atoms with Gasteiger partial charge in [0.05, 0.1) is 16.6 Å². The first-order chi connectivity index (χ1) is 17.7. The van der Waals surface area contributed by atoms with Crippen LogP contribution in [0.4, 0.5) is 0 Å². The Morgan fingerprint density at radius 1 is 0.946 bits per heavy atom. The zero-order valence-electron chi connectivity index (χ0n) is 21.6. The van der Waals surface area contributed by atoms with E-state index in [0.29, 0.717) is 18.7 Å². The van der Waals surface area contributed by atoms with Crippen LogP contribution in [0.15, 0.2) is 77.7 Å². The number of amides is 1. The van der Waals surface area contributed by atoms with E-state index in [2.05, 4.69) is 0 Å². The Morgan fingerprint density at radius 2 is 1.54 bits per heavy atom. The van der Waals surface area contributed by atoms with Gasteiger partial charge >= 0.3 is 5.97 Å². The Labute approximate surface area is 219 Å². The minimum atomic E-state index is -4.13. The molecule has 0 bridgehead atoms. The van der Waals surface area contributed by atoms with E-state index >= 15 is 0 Å². The lowest BCUT2D eigenvalue weighted by Gasteiger charge is -2.37. The van der Waals surface area contributed by atoms with Crippen molar-refractivity contribution < 1.29 is 32.2 Å². The van der Waals surface area contributed by atoms with Crippen LogP contribution < -0.4 is 0 Å². The van der Waals surface area contributed by atoms with Crippen molar-refractivity contribution in [2.45, 2.75) is 56.3 Å². The molecule has 1 heterocycles. The summed E-state index contributed by atoms with van der Waals surface area (Å²) in [4.78, 5) is 27.9. The Morgan fingerprint density at radius 3 is 2.11 bits per heavy atom. The van der Waals surface area contributed by atoms with Crippen molar-refractivity contribution in [1.29, 1.82) is 0 Å². The minimum absolute atomic E-state index is 0.0366. The van der Waals surface area contributed by atoms with Crippen LogP contribution in [0.25, 0.3) is 0 Å². The van der Waals surface area contributed by atoms with Gasteiger partial charge in [0.25, 0.3) is 0 Å². The monoisotopic (exact) mass is 529 g/mol. The van der Waals surface area contributed by atoms with Crippen LogP contribution in [0.1, 0.15) is 38.1 Å². The normalized spacial score (nSPS) is 20.4. The number of ether oxygens (including phenoxy) is 3. The summed E-state index contributed by atoms with van der Waals surface area (Å²) in [5, 5.41) is -1.48. The highest BCUT2D eigenvalue weighted by atomic mass is 32.2. The van der Waals surface area contributed by atoms with Crippen LogP contribution in [0, 0.1) is 5.92 Å². The van der Waals surface area contributed by atoms with E-state index in [1.165, 1.54) is 17.0 Å². The van der Waals surface area contributed by atoms with Crippen LogP contribution in [0.5, 0.6) is 0 Å². The van der Waals surface area contributed by atoms with Gasteiger partial charge in [0.2, 0.25) is 5.91 Å². The largest absolute Gasteiger partial charge is 0.459 e. The van der Waals surface area contributed by atoms with Crippen molar-refractivity contribution in [3.8, 4) is 0 Å². The van der Waals surface area contributed by atoms with Gasteiger partial charge in [-0.1, -0.05) is 42.5 Å². The first-order valence-electron chi connectivity index (χ1n) is 12.5. The van der Waals surface area contributed by atoms with Crippen molar-refractivity contribution in [2.24, 2.45) is 5.92 Å². The van der Waals surface area contributed by atoms with Crippen molar-refractivity contribution in [3.05, 3.63) is 78.4 Å². The molecule has 0 N–H and O–H groups in total. The van der Waals surface area contributed by atoms with Crippen LogP contribution in [-0.2, 0) is 28.8 Å². The van der Waals surface area contributed by atoms with E-state index in [1.54, 1.807) is 74.5 Å². The molecule has 0 saturated heterocycles. The first-order valence-corrected chi connectivity index (χ1v) is 14.0. The summed E-state index contributed by atoms with van der Waals surface area (Å²) < 4.78 is 45.2. The highest BCUT2D eigenvalue weighted by Crippen LogP contribution is 2.32. The number of rotatable bonds is 11. The SMILES string of the molecule is CCN(CC)C(=O)[C@@H]([C@H]1C=C[C@@H](OC(C)C)O[C@@H]1COC(=O)c1ccccc1)S(=O)(=O)c1ccccc1. The molecule has 1 aliphatic heterocycles. The molecule has 0 fully saturated rings. The number of carbonyl (C=O) groups excluding carboxylic acids is 2. The maximum absolute atomic E-state index is 13.9. The standard InChI is InChI=1S/C28H35NO7S/c1-5-29(6-2)27(30)26(37(32,33)22-15-11-8-12-16-22)23-17-18-25(35-20(3)4)36-24(23)19-34-28(31)21-13-9-7-10-14-21/h7-18,20,23-26H,5-6,19H2,1-4H3/t23-,24+,25-,26+/m0/s1. The fraction of sp³-hybridized carbons (Fsp3) is 0.429. The summed E-state index contributed by atoms with van der Waals surface area (Å²) in [6.45, 7) is 7.73. The van der Waals surface area contributed by atoms with Gasteiger partial charge in [-0.05, 0) is 58.0 Å². The molecule has 0 saturated carbocycles. The highest BCUT2D eigenvalue weighted by Gasteiger charge is 2.47. The quantitative estimate of drug-likeness (QED) is 0.322. The van der Waals surface area contributed by atoms with E-state index in [0.717, 1.165) is 0 Å². The predicted molar refractivity (Wildman–Crippen MR) is 140 cm³/mol. The zero-order chi connectivity index (χ0) is 27.0. The van der Waals surface area contributed by atoms with E-state index in [-0.39, 0.29) is 17.6 Å². The Bertz CT molecular complexity index is 1160. The number of hydrogen-bond acceptors (Lipinski definition) is 7. The molecule has 9 heteroatoms.